The van der Waals surface area contributed by atoms with Crippen molar-refractivity contribution in [2.75, 3.05) is 0 Å². The third-order valence-electron chi connectivity index (χ3n) is 11.9. The average Bonchev–Trinajstić information content (AvgIpc) is 3.83. The lowest BCUT2D eigenvalue weighted by Gasteiger charge is -2.29. The smallest absolute Gasteiger partial charge is 0.138 e. The molecule has 3 heteroatoms. The van der Waals surface area contributed by atoms with Crippen molar-refractivity contribution in [2.45, 2.75) is 25.2 Å². The molecule has 2 aliphatic rings. The van der Waals surface area contributed by atoms with Gasteiger partial charge in [-0.25, -0.2) is 4.98 Å². The molecule has 0 aliphatic heterocycles. The van der Waals surface area contributed by atoms with Crippen molar-refractivity contribution in [3.63, 3.8) is 0 Å². The maximum absolute atomic E-state index is 5.61. The molecule has 53 heavy (non-hydrogen) atoms. The molecule has 0 saturated carbocycles. The summed E-state index contributed by atoms with van der Waals surface area (Å²) in [5.41, 5.74) is 12.2. The van der Waals surface area contributed by atoms with Gasteiger partial charge in [0.25, 0.3) is 0 Å². The third kappa shape index (κ3) is 4.60. The Bertz CT molecular complexity index is 2970. The van der Waals surface area contributed by atoms with Crippen molar-refractivity contribution < 1.29 is 0 Å². The topological polar surface area (TPSA) is 17.8 Å². The summed E-state index contributed by atoms with van der Waals surface area (Å²) in [5, 5.41) is 5.12. The first kappa shape index (κ1) is 30.6. The van der Waals surface area contributed by atoms with E-state index < -0.39 is 0 Å². The average molecular weight is 697 g/mol. The van der Waals surface area contributed by atoms with Crippen molar-refractivity contribution in [1.82, 2.24) is 9.55 Å². The number of para-hydroxylation sites is 1. The molecule has 2 aliphatic carbocycles. The lowest BCUT2D eigenvalue weighted by Crippen LogP contribution is -2.24. The lowest BCUT2D eigenvalue weighted by atomic mass is 9.74. The molecule has 2 atom stereocenters. The minimum atomic E-state index is 0.0405. The molecule has 0 radical (unpaired) electrons. The van der Waals surface area contributed by atoms with Crippen LogP contribution in [-0.2, 0) is 5.41 Å². The zero-order valence-corrected chi connectivity index (χ0v) is 30.4. The third-order valence-corrected chi connectivity index (χ3v) is 13.1. The summed E-state index contributed by atoms with van der Waals surface area (Å²) in [6, 6.07) is 53.5. The molecule has 0 bridgehead atoms. The molecular weight excluding hydrogens is 661 g/mol. The van der Waals surface area contributed by atoms with Gasteiger partial charge in [0.15, 0.2) is 0 Å². The van der Waals surface area contributed by atoms with Crippen LogP contribution in [0.25, 0.3) is 81.3 Å². The van der Waals surface area contributed by atoms with Crippen LogP contribution in [0.3, 0.4) is 0 Å². The first-order valence-corrected chi connectivity index (χ1v) is 19.4. The minimum absolute atomic E-state index is 0.0405. The number of aromatic nitrogens is 2. The molecule has 0 amide bonds. The first-order valence-electron chi connectivity index (χ1n) is 18.5. The molecule has 2 unspecified atom stereocenters. The van der Waals surface area contributed by atoms with Gasteiger partial charge in [0.2, 0.25) is 0 Å². The first-order chi connectivity index (χ1) is 26.0. The van der Waals surface area contributed by atoms with Gasteiger partial charge in [0, 0.05) is 42.4 Å². The van der Waals surface area contributed by atoms with Gasteiger partial charge in [-0.3, -0.25) is 4.57 Å². The molecule has 9 aromatic rings. The number of hydrogen-bond acceptors (Lipinski definition) is 2. The Morgan fingerprint density at radius 1 is 0.566 bits per heavy atom. The summed E-state index contributed by atoms with van der Waals surface area (Å²) < 4.78 is 4.99. The Labute approximate surface area is 313 Å². The number of benzene rings is 6. The van der Waals surface area contributed by atoms with E-state index in [1.807, 2.05) is 11.3 Å². The van der Waals surface area contributed by atoms with E-state index in [9.17, 15) is 0 Å². The SMILES string of the molecule is CC1(C)c2cc3c4ccccc4n(-c4cc(-c5ccc(-c6ccccc6)cc5)cc(-c5cccc6c5sc5ccccc56)n4)c3cc2C2C=CC=CC21. The summed E-state index contributed by atoms with van der Waals surface area (Å²) in [6.45, 7) is 4.83. The molecule has 0 fully saturated rings. The summed E-state index contributed by atoms with van der Waals surface area (Å²) in [6.07, 6.45) is 9.26. The van der Waals surface area contributed by atoms with Gasteiger partial charge < -0.3 is 0 Å². The van der Waals surface area contributed by atoms with Gasteiger partial charge in [-0.05, 0) is 81.1 Å². The van der Waals surface area contributed by atoms with E-state index in [4.69, 9.17) is 4.98 Å². The Morgan fingerprint density at radius 2 is 1.26 bits per heavy atom. The molecule has 11 rings (SSSR count). The monoisotopic (exact) mass is 696 g/mol. The number of pyridine rings is 1. The summed E-state index contributed by atoms with van der Waals surface area (Å²) >= 11 is 1.86. The molecule has 3 aromatic heterocycles. The van der Waals surface area contributed by atoms with E-state index in [1.54, 1.807) is 0 Å². The fourth-order valence-electron chi connectivity index (χ4n) is 9.25. The molecule has 6 aromatic carbocycles. The molecule has 0 spiro atoms. The Balaban J connectivity index is 1.18. The van der Waals surface area contributed by atoms with Gasteiger partial charge in [-0.15, -0.1) is 11.3 Å². The van der Waals surface area contributed by atoms with E-state index in [2.05, 4.69) is 188 Å². The van der Waals surface area contributed by atoms with Gasteiger partial charge >= 0.3 is 0 Å². The van der Waals surface area contributed by atoms with Crippen LogP contribution in [0.15, 0.2) is 170 Å². The van der Waals surface area contributed by atoms with Crippen LogP contribution in [0, 0.1) is 5.92 Å². The van der Waals surface area contributed by atoms with E-state index in [0.29, 0.717) is 11.8 Å². The maximum Gasteiger partial charge on any atom is 0.138 e. The van der Waals surface area contributed by atoms with Gasteiger partial charge in [0.05, 0.1) is 16.7 Å². The van der Waals surface area contributed by atoms with Crippen LogP contribution in [-0.4, -0.2) is 9.55 Å². The normalized spacial score (nSPS) is 17.2. The second-order valence-electron chi connectivity index (χ2n) is 15.2. The predicted octanol–water partition coefficient (Wildman–Crippen LogP) is 13.7. The van der Waals surface area contributed by atoms with Crippen LogP contribution >= 0.6 is 11.3 Å². The van der Waals surface area contributed by atoms with Crippen LogP contribution in [0.2, 0.25) is 0 Å². The van der Waals surface area contributed by atoms with Gasteiger partial charge in [-0.2, -0.15) is 0 Å². The second-order valence-corrected chi connectivity index (χ2v) is 16.2. The minimum Gasteiger partial charge on any atom is -0.294 e. The standard InChI is InChI=1S/C50H36N2S/c1-50(2)42-20-9-6-15-35(42)40-30-46-41(29-43(40)50)36-16-7-10-21-45(36)52(46)48-28-34(33-25-23-32(24-26-33)31-13-4-3-5-14-31)27-44(51-48)39-19-12-18-38-37-17-8-11-22-47(37)53-49(38)39/h3-30,35,42H,1-2H3. The zero-order chi connectivity index (χ0) is 35.3. The quantitative estimate of drug-likeness (QED) is 0.179. The van der Waals surface area contributed by atoms with E-state index in [-0.39, 0.29) is 5.41 Å². The van der Waals surface area contributed by atoms with Crippen molar-refractivity contribution in [1.29, 1.82) is 0 Å². The Morgan fingerprint density at radius 3 is 2.11 bits per heavy atom. The number of rotatable bonds is 4. The van der Waals surface area contributed by atoms with Crippen LogP contribution in [0.5, 0.6) is 0 Å². The molecule has 252 valence electrons. The summed E-state index contributed by atoms with van der Waals surface area (Å²) in [5.74, 6) is 1.74. The number of allylic oxidation sites excluding steroid dienone is 4. The highest BCUT2D eigenvalue weighted by atomic mass is 32.1. The van der Waals surface area contributed by atoms with Gasteiger partial charge in [0.1, 0.15) is 5.82 Å². The lowest BCUT2D eigenvalue weighted by molar-refractivity contribution is 0.394. The van der Waals surface area contributed by atoms with Crippen molar-refractivity contribution in [2.24, 2.45) is 5.92 Å². The highest BCUT2D eigenvalue weighted by molar-refractivity contribution is 7.26. The van der Waals surface area contributed by atoms with Crippen molar-refractivity contribution in [3.8, 4) is 39.3 Å². The number of thiophene rings is 1. The summed E-state index contributed by atoms with van der Waals surface area (Å²) in [7, 11) is 0. The highest BCUT2D eigenvalue weighted by Gasteiger charge is 2.45. The van der Waals surface area contributed by atoms with Gasteiger partial charge in [-0.1, -0.05) is 147 Å². The van der Waals surface area contributed by atoms with Crippen LogP contribution in [0.4, 0.5) is 0 Å². The Kier molecular flexibility index (Phi) is 6.63. The molecule has 2 nitrogen and oxygen atoms in total. The number of fused-ring (bicyclic) bond motifs is 9. The van der Waals surface area contributed by atoms with Crippen molar-refractivity contribution in [3.05, 3.63) is 181 Å². The fraction of sp³-hybridized carbons (Fsp3) is 0.100. The van der Waals surface area contributed by atoms with Crippen LogP contribution < -0.4 is 0 Å². The second kappa shape index (κ2) is 11.5. The fourth-order valence-corrected chi connectivity index (χ4v) is 10.5. The summed E-state index contributed by atoms with van der Waals surface area (Å²) in [4.78, 5) is 5.61. The largest absolute Gasteiger partial charge is 0.294 e. The molecule has 0 saturated heterocycles. The maximum atomic E-state index is 5.61. The highest BCUT2D eigenvalue weighted by Crippen LogP contribution is 2.54. The molecule has 3 heterocycles. The Hall–Kier alpha value is -6.03. The molecular formula is C50H36N2S. The number of nitrogens with zero attached hydrogens (tertiary/aromatic N) is 2. The van der Waals surface area contributed by atoms with E-state index in [0.717, 1.165) is 22.6 Å². The van der Waals surface area contributed by atoms with Crippen LogP contribution in [0.1, 0.15) is 30.9 Å². The van der Waals surface area contributed by atoms with E-state index >= 15 is 0 Å². The van der Waals surface area contributed by atoms with E-state index in [1.165, 1.54) is 69.8 Å². The zero-order valence-electron chi connectivity index (χ0n) is 29.6. The number of hydrogen-bond donors (Lipinski definition) is 0. The van der Waals surface area contributed by atoms with Crippen molar-refractivity contribution >= 4 is 53.3 Å². The molecule has 0 N–H and O–H groups in total. The predicted molar refractivity (Wildman–Crippen MR) is 225 cm³/mol.